The zero-order valence-corrected chi connectivity index (χ0v) is 11.0. The minimum Gasteiger partial charge on any atom is -0.480 e. The van der Waals surface area contributed by atoms with Crippen molar-refractivity contribution in [2.75, 3.05) is 19.1 Å². The summed E-state index contributed by atoms with van der Waals surface area (Å²) in [6.07, 6.45) is 2.06. The van der Waals surface area contributed by atoms with Crippen molar-refractivity contribution in [3.05, 3.63) is 10.7 Å². The third-order valence-electron chi connectivity index (χ3n) is 2.26. The van der Waals surface area contributed by atoms with E-state index in [-0.39, 0.29) is 6.04 Å². The summed E-state index contributed by atoms with van der Waals surface area (Å²) in [5.41, 5.74) is 0. The molecule has 0 spiro atoms. The van der Waals surface area contributed by atoms with E-state index in [9.17, 15) is 0 Å². The maximum absolute atomic E-state index is 8.63. The van der Waals surface area contributed by atoms with Gasteiger partial charge in [0.05, 0.1) is 30.3 Å². The van der Waals surface area contributed by atoms with Crippen LogP contribution in [0.2, 0.25) is 0 Å². The summed E-state index contributed by atoms with van der Waals surface area (Å²) >= 11 is 3.29. The number of rotatable bonds is 4. The Balaban J connectivity index is 2.92. The van der Waals surface area contributed by atoms with Gasteiger partial charge in [0.15, 0.2) is 0 Å². The SMILES string of the molecule is COc1nc(N(C)C(C)CC#N)ncc1Br. The predicted molar refractivity (Wildman–Crippen MR) is 64.4 cm³/mol. The standard InChI is InChI=1S/C10H13BrN4O/c1-7(4-5-12)15(2)10-13-6-8(11)9(14-10)16-3/h6-7H,4H2,1-3H3. The molecule has 0 radical (unpaired) electrons. The second-order valence-electron chi connectivity index (χ2n) is 3.35. The molecule has 0 aliphatic rings. The fraction of sp³-hybridized carbons (Fsp3) is 0.500. The molecule has 86 valence electrons. The number of methoxy groups -OCH3 is 1. The van der Waals surface area contributed by atoms with Crippen LogP contribution in [0, 0.1) is 11.3 Å². The summed E-state index contributed by atoms with van der Waals surface area (Å²) < 4.78 is 5.79. The third-order valence-corrected chi connectivity index (χ3v) is 2.80. The first-order chi connectivity index (χ1) is 7.60. The van der Waals surface area contributed by atoms with Crippen LogP contribution in [0.4, 0.5) is 5.95 Å². The van der Waals surface area contributed by atoms with Crippen molar-refractivity contribution in [3.63, 3.8) is 0 Å². The molecule has 1 rings (SSSR count). The van der Waals surface area contributed by atoms with Gasteiger partial charge in [0.2, 0.25) is 11.8 Å². The molecule has 0 bridgehead atoms. The van der Waals surface area contributed by atoms with Crippen molar-refractivity contribution < 1.29 is 4.74 Å². The lowest BCUT2D eigenvalue weighted by Crippen LogP contribution is -2.30. The Hall–Kier alpha value is -1.35. The molecule has 5 nitrogen and oxygen atoms in total. The highest BCUT2D eigenvalue weighted by Gasteiger charge is 2.14. The molecular weight excluding hydrogens is 272 g/mol. The van der Waals surface area contributed by atoms with E-state index in [0.717, 1.165) is 0 Å². The number of nitrogens with zero attached hydrogens (tertiary/aromatic N) is 4. The van der Waals surface area contributed by atoms with Gasteiger partial charge in [-0.2, -0.15) is 10.2 Å². The Labute approximate surface area is 103 Å². The average Bonchev–Trinajstić information content (AvgIpc) is 2.29. The smallest absolute Gasteiger partial charge is 0.232 e. The number of hydrogen-bond donors (Lipinski definition) is 0. The molecule has 1 unspecified atom stereocenters. The van der Waals surface area contributed by atoms with Crippen LogP contribution in [-0.4, -0.2) is 30.2 Å². The summed E-state index contributed by atoms with van der Waals surface area (Å²) in [5, 5.41) is 8.63. The number of aromatic nitrogens is 2. The number of ether oxygens (including phenoxy) is 1. The maximum Gasteiger partial charge on any atom is 0.232 e. The fourth-order valence-electron chi connectivity index (χ4n) is 1.12. The van der Waals surface area contributed by atoms with Gasteiger partial charge in [0, 0.05) is 13.1 Å². The van der Waals surface area contributed by atoms with Crippen LogP contribution in [0.15, 0.2) is 10.7 Å². The maximum atomic E-state index is 8.63. The Bertz CT molecular complexity index is 404. The van der Waals surface area contributed by atoms with Crippen LogP contribution in [0.1, 0.15) is 13.3 Å². The molecule has 0 N–H and O–H groups in total. The van der Waals surface area contributed by atoms with Gasteiger partial charge in [-0.05, 0) is 22.9 Å². The van der Waals surface area contributed by atoms with Gasteiger partial charge in [-0.1, -0.05) is 0 Å². The molecule has 0 saturated carbocycles. The lowest BCUT2D eigenvalue weighted by atomic mass is 10.2. The van der Waals surface area contributed by atoms with Gasteiger partial charge in [0.1, 0.15) is 0 Å². The Morgan fingerprint density at radius 3 is 2.94 bits per heavy atom. The molecule has 1 heterocycles. The van der Waals surface area contributed by atoms with Crippen LogP contribution in [0.25, 0.3) is 0 Å². The molecule has 0 fully saturated rings. The molecular formula is C10H13BrN4O. The Kier molecular flexibility index (Phi) is 4.50. The van der Waals surface area contributed by atoms with Gasteiger partial charge in [-0.15, -0.1) is 0 Å². The van der Waals surface area contributed by atoms with E-state index in [1.54, 1.807) is 13.3 Å². The summed E-state index contributed by atoms with van der Waals surface area (Å²) in [5.74, 6) is 1.03. The topological polar surface area (TPSA) is 62.0 Å². The quantitative estimate of drug-likeness (QED) is 0.846. The summed E-state index contributed by atoms with van der Waals surface area (Å²) in [4.78, 5) is 10.2. The lowest BCUT2D eigenvalue weighted by molar-refractivity contribution is 0.393. The van der Waals surface area contributed by atoms with E-state index in [1.165, 1.54) is 0 Å². The van der Waals surface area contributed by atoms with Crippen molar-refractivity contribution in [1.29, 1.82) is 5.26 Å². The molecule has 0 amide bonds. The predicted octanol–water partition coefficient (Wildman–Crippen LogP) is 1.99. The normalized spacial score (nSPS) is 11.7. The Morgan fingerprint density at radius 1 is 1.69 bits per heavy atom. The Morgan fingerprint density at radius 2 is 2.38 bits per heavy atom. The zero-order chi connectivity index (χ0) is 12.1. The number of nitriles is 1. The molecule has 0 aliphatic heterocycles. The third kappa shape index (κ3) is 2.83. The van der Waals surface area contributed by atoms with Gasteiger partial charge in [0.25, 0.3) is 0 Å². The zero-order valence-electron chi connectivity index (χ0n) is 9.44. The van der Waals surface area contributed by atoms with Gasteiger partial charge in [-0.3, -0.25) is 0 Å². The van der Waals surface area contributed by atoms with Gasteiger partial charge >= 0.3 is 0 Å². The van der Waals surface area contributed by atoms with E-state index in [2.05, 4.69) is 32.0 Å². The lowest BCUT2D eigenvalue weighted by Gasteiger charge is -2.22. The van der Waals surface area contributed by atoms with Crippen molar-refractivity contribution in [2.24, 2.45) is 0 Å². The molecule has 0 aliphatic carbocycles. The van der Waals surface area contributed by atoms with Crippen molar-refractivity contribution >= 4 is 21.9 Å². The minimum absolute atomic E-state index is 0.0656. The van der Waals surface area contributed by atoms with Crippen molar-refractivity contribution in [3.8, 4) is 11.9 Å². The molecule has 0 aromatic carbocycles. The number of hydrogen-bond acceptors (Lipinski definition) is 5. The first kappa shape index (κ1) is 12.7. The molecule has 16 heavy (non-hydrogen) atoms. The summed E-state index contributed by atoms with van der Waals surface area (Å²) in [6, 6.07) is 2.19. The second kappa shape index (κ2) is 5.66. The van der Waals surface area contributed by atoms with E-state index >= 15 is 0 Å². The first-order valence-corrected chi connectivity index (χ1v) is 5.55. The fourth-order valence-corrected chi connectivity index (χ4v) is 1.47. The number of anilines is 1. The minimum atomic E-state index is 0.0656. The van der Waals surface area contributed by atoms with Gasteiger partial charge < -0.3 is 9.64 Å². The monoisotopic (exact) mass is 284 g/mol. The largest absolute Gasteiger partial charge is 0.480 e. The average molecular weight is 285 g/mol. The summed E-state index contributed by atoms with van der Waals surface area (Å²) in [7, 11) is 3.40. The van der Waals surface area contributed by atoms with Crippen molar-refractivity contribution in [2.45, 2.75) is 19.4 Å². The van der Waals surface area contributed by atoms with Gasteiger partial charge in [-0.25, -0.2) is 4.98 Å². The molecule has 1 aromatic rings. The number of halogens is 1. The van der Waals surface area contributed by atoms with E-state index in [1.807, 2.05) is 18.9 Å². The van der Waals surface area contributed by atoms with Crippen LogP contribution < -0.4 is 9.64 Å². The van der Waals surface area contributed by atoms with Crippen LogP contribution in [0.5, 0.6) is 5.88 Å². The highest BCUT2D eigenvalue weighted by molar-refractivity contribution is 9.10. The van der Waals surface area contributed by atoms with Crippen LogP contribution in [0.3, 0.4) is 0 Å². The van der Waals surface area contributed by atoms with E-state index in [4.69, 9.17) is 10.00 Å². The van der Waals surface area contributed by atoms with Crippen LogP contribution >= 0.6 is 15.9 Å². The molecule has 0 saturated heterocycles. The molecule has 1 atom stereocenters. The molecule has 6 heteroatoms. The highest BCUT2D eigenvalue weighted by atomic mass is 79.9. The highest BCUT2D eigenvalue weighted by Crippen LogP contribution is 2.23. The second-order valence-corrected chi connectivity index (χ2v) is 4.20. The van der Waals surface area contributed by atoms with E-state index in [0.29, 0.717) is 22.7 Å². The van der Waals surface area contributed by atoms with Crippen LogP contribution in [-0.2, 0) is 0 Å². The molecule has 1 aromatic heterocycles. The van der Waals surface area contributed by atoms with Crippen molar-refractivity contribution in [1.82, 2.24) is 9.97 Å². The first-order valence-electron chi connectivity index (χ1n) is 4.76. The summed E-state index contributed by atoms with van der Waals surface area (Å²) in [6.45, 7) is 1.95. The van der Waals surface area contributed by atoms with E-state index < -0.39 is 0 Å².